The molecule has 0 spiro atoms. The number of hydrogen-bond donors (Lipinski definition) is 2. The average Bonchev–Trinajstić information content (AvgIpc) is 2.13. The molecule has 0 saturated heterocycles. The maximum Gasteiger partial charge on any atom is 0.0687 e. The summed E-state index contributed by atoms with van der Waals surface area (Å²) in [4.78, 5) is 0. The summed E-state index contributed by atoms with van der Waals surface area (Å²) in [5, 5.41) is 13.0. The highest BCUT2D eigenvalue weighted by Crippen LogP contribution is 2.03. The van der Waals surface area contributed by atoms with Crippen LogP contribution in [0.1, 0.15) is 47.5 Å². The van der Waals surface area contributed by atoms with E-state index in [0.717, 1.165) is 12.8 Å². The summed E-state index contributed by atoms with van der Waals surface area (Å²) in [5.41, 5.74) is 1.38. The Morgan fingerprint density at radius 2 is 1.87 bits per heavy atom. The molecule has 0 aromatic rings. The van der Waals surface area contributed by atoms with E-state index in [-0.39, 0.29) is 6.10 Å². The van der Waals surface area contributed by atoms with Gasteiger partial charge in [-0.25, -0.2) is 0 Å². The fourth-order valence-corrected chi connectivity index (χ4v) is 1.28. The molecule has 2 heteroatoms. The van der Waals surface area contributed by atoms with Gasteiger partial charge >= 0.3 is 0 Å². The molecule has 2 atom stereocenters. The molecule has 0 rings (SSSR count). The maximum absolute atomic E-state index is 9.61. The number of rotatable bonds is 7. The minimum absolute atomic E-state index is 0.226. The third kappa shape index (κ3) is 8.64. The summed E-state index contributed by atoms with van der Waals surface area (Å²) in [6.45, 7) is 11.2. The van der Waals surface area contributed by atoms with Crippen LogP contribution in [-0.2, 0) is 0 Å². The van der Waals surface area contributed by atoms with Crippen LogP contribution < -0.4 is 5.32 Å². The third-order valence-corrected chi connectivity index (χ3v) is 2.60. The molecule has 2 unspecified atom stereocenters. The Morgan fingerprint density at radius 3 is 2.33 bits per heavy atom. The molecule has 2 N–H and O–H groups in total. The molecular weight excluding hydrogens is 186 g/mol. The molecule has 90 valence electrons. The van der Waals surface area contributed by atoms with Gasteiger partial charge in [0.15, 0.2) is 0 Å². The van der Waals surface area contributed by atoms with Crippen LogP contribution in [-0.4, -0.2) is 23.8 Å². The fourth-order valence-electron chi connectivity index (χ4n) is 1.28. The molecule has 0 aromatic heterocycles. The van der Waals surface area contributed by atoms with Gasteiger partial charge in [0.1, 0.15) is 0 Å². The topological polar surface area (TPSA) is 32.3 Å². The molecule has 0 aromatic carbocycles. The van der Waals surface area contributed by atoms with E-state index < -0.39 is 0 Å². The number of aliphatic hydroxyl groups is 1. The van der Waals surface area contributed by atoms with Crippen molar-refractivity contribution in [1.29, 1.82) is 0 Å². The summed E-state index contributed by atoms with van der Waals surface area (Å²) >= 11 is 0. The average molecular weight is 213 g/mol. The number of aliphatic hydroxyl groups excluding tert-OH is 1. The van der Waals surface area contributed by atoms with Crippen molar-refractivity contribution in [3.8, 4) is 0 Å². The van der Waals surface area contributed by atoms with Gasteiger partial charge in [-0.3, -0.25) is 0 Å². The summed E-state index contributed by atoms with van der Waals surface area (Å²) in [7, 11) is 0. The second kappa shape index (κ2) is 7.89. The second-order valence-electron chi connectivity index (χ2n) is 4.98. The summed E-state index contributed by atoms with van der Waals surface area (Å²) in [5.74, 6) is 0.336. The van der Waals surface area contributed by atoms with E-state index in [0.29, 0.717) is 18.5 Å². The molecule has 0 fully saturated rings. The van der Waals surface area contributed by atoms with Crippen LogP contribution in [0.25, 0.3) is 0 Å². The number of nitrogens with one attached hydrogen (secondary N) is 1. The normalized spacial score (nSPS) is 15.1. The van der Waals surface area contributed by atoms with Crippen LogP contribution in [0, 0.1) is 5.92 Å². The van der Waals surface area contributed by atoms with E-state index in [1.165, 1.54) is 5.57 Å². The van der Waals surface area contributed by atoms with Crippen molar-refractivity contribution in [3.05, 3.63) is 11.6 Å². The van der Waals surface area contributed by atoms with E-state index in [1.807, 2.05) is 13.8 Å². The Balaban J connectivity index is 3.57. The molecule has 0 amide bonds. The Kier molecular flexibility index (Phi) is 7.71. The second-order valence-corrected chi connectivity index (χ2v) is 4.98. The van der Waals surface area contributed by atoms with Crippen molar-refractivity contribution >= 4 is 0 Å². The molecule has 0 aliphatic heterocycles. The van der Waals surface area contributed by atoms with E-state index in [2.05, 4.69) is 32.2 Å². The molecule has 0 radical (unpaired) electrons. The van der Waals surface area contributed by atoms with Gasteiger partial charge in [0, 0.05) is 12.6 Å². The summed E-state index contributed by atoms with van der Waals surface area (Å²) in [6, 6.07) is 0.481. The highest BCUT2D eigenvalue weighted by Gasteiger charge is 2.09. The first-order valence-electron chi connectivity index (χ1n) is 5.98. The predicted molar refractivity (Wildman–Crippen MR) is 67.0 cm³/mol. The SMILES string of the molecule is CC(C)=CCCC(C)NCC(O)C(C)C. The van der Waals surface area contributed by atoms with E-state index in [9.17, 15) is 5.11 Å². The standard InChI is InChI=1S/C13H27NO/c1-10(2)7-6-8-12(5)14-9-13(15)11(3)4/h7,11-15H,6,8-9H2,1-5H3. The van der Waals surface area contributed by atoms with Crippen LogP contribution in [0.4, 0.5) is 0 Å². The van der Waals surface area contributed by atoms with Gasteiger partial charge in [0.2, 0.25) is 0 Å². The van der Waals surface area contributed by atoms with Crippen LogP contribution in [0.5, 0.6) is 0 Å². The molecule has 2 nitrogen and oxygen atoms in total. The van der Waals surface area contributed by atoms with Crippen molar-refractivity contribution in [2.45, 2.75) is 59.6 Å². The summed E-state index contributed by atoms with van der Waals surface area (Å²) < 4.78 is 0. The molecule has 0 saturated carbocycles. The smallest absolute Gasteiger partial charge is 0.0687 e. The lowest BCUT2D eigenvalue weighted by molar-refractivity contribution is 0.120. The van der Waals surface area contributed by atoms with Gasteiger partial charge < -0.3 is 10.4 Å². The van der Waals surface area contributed by atoms with Gasteiger partial charge in [-0.05, 0) is 39.5 Å². The maximum atomic E-state index is 9.61. The molecule has 0 aliphatic rings. The first-order chi connectivity index (χ1) is 6.93. The highest BCUT2D eigenvalue weighted by molar-refractivity contribution is 4.93. The minimum Gasteiger partial charge on any atom is -0.392 e. The Morgan fingerprint density at radius 1 is 1.27 bits per heavy atom. The van der Waals surface area contributed by atoms with Crippen LogP contribution in [0.3, 0.4) is 0 Å². The lowest BCUT2D eigenvalue weighted by atomic mass is 10.1. The first-order valence-corrected chi connectivity index (χ1v) is 5.98. The van der Waals surface area contributed by atoms with Crippen LogP contribution >= 0.6 is 0 Å². The zero-order valence-corrected chi connectivity index (χ0v) is 10.9. The van der Waals surface area contributed by atoms with Crippen LogP contribution in [0.15, 0.2) is 11.6 Å². The molecular formula is C13H27NO. The van der Waals surface area contributed by atoms with Gasteiger partial charge in [-0.15, -0.1) is 0 Å². The van der Waals surface area contributed by atoms with Crippen molar-refractivity contribution < 1.29 is 5.11 Å². The molecule has 0 heterocycles. The first kappa shape index (κ1) is 14.7. The van der Waals surface area contributed by atoms with E-state index >= 15 is 0 Å². The lowest BCUT2D eigenvalue weighted by Gasteiger charge is -2.19. The van der Waals surface area contributed by atoms with E-state index in [4.69, 9.17) is 0 Å². The van der Waals surface area contributed by atoms with Crippen molar-refractivity contribution in [2.75, 3.05) is 6.54 Å². The Bertz CT molecular complexity index is 183. The Hall–Kier alpha value is -0.340. The monoisotopic (exact) mass is 213 g/mol. The fraction of sp³-hybridized carbons (Fsp3) is 0.846. The number of hydrogen-bond acceptors (Lipinski definition) is 2. The van der Waals surface area contributed by atoms with Gasteiger partial charge in [-0.2, -0.15) is 0 Å². The lowest BCUT2D eigenvalue weighted by Crippen LogP contribution is -2.36. The third-order valence-electron chi connectivity index (χ3n) is 2.60. The summed E-state index contributed by atoms with van der Waals surface area (Å²) in [6.07, 6.45) is 4.29. The van der Waals surface area contributed by atoms with Crippen molar-refractivity contribution in [1.82, 2.24) is 5.32 Å². The zero-order chi connectivity index (χ0) is 11.8. The molecule has 0 bridgehead atoms. The zero-order valence-electron chi connectivity index (χ0n) is 10.9. The quantitative estimate of drug-likeness (QED) is 0.637. The van der Waals surface area contributed by atoms with Gasteiger partial charge in [0.05, 0.1) is 6.10 Å². The Labute approximate surface area is 94.8 Å². The largest absolute Gasteiger partial charge is 0.392 e. The van der Waals surface area contributed by atoms with Crippen molar-refractivity contribution in [3.63, 3.8) is 0 Å². The molecule has 15 heavy (non-hydrogen) atoms. The number of allylic oxidation sites excluding steroid dienone is 2. The highest BCUT2D eigenvalue weighted by atomic mass is 16.3. The van der Waals surface area contributed by atoms with Gasteiger partial charge in [-0.1, -0.05) is 25.5 Å². The van der Waals surface area contributed by atoms with Gasteiger partial charge in [0.25, 0.3) is 0 Å². The molecule has 0 aliphatic carbocycles. The minimum atomic E-state index is -0.226. The van der Waals surface area contributed by atoms with E-state index in [1.54, 1.807) is 0 Å². The predicted octanol–water partition coefficient (Wildman–Crippen LogP) is 2.73. The van der Waals surface area contributed by atoms with Crippen LogP contribution in [0.2, 0.25) is 0 Å². The van der Waals surface area contributed by atoms with Crippen molar-refractivity contribution in [2.24, 2.45) is 5.92 Å².